The zero-order valence-corrected chi connectivity index (χ0v) is 20.0. The van der Waals surface area contributed by atoms with Gasteiger partial charge < -0.3 is 16.0 Å². The van der Waals surface area contributed by atoms with E-state index in [0.717, 1.165) is 56.2 Å². The number of nitrogens with zero attached hydrogens (tertiary/aromatic N) is 4. The smallest absolute Gasteiger partial charge is 0.319 e. The molecule has 2 saturated carbocycles. The molecule has 0 saturated heterocycles. The van der Waals surface area contributed by atoms with Crippen molar-refractivity contribution in [3.63, 3.8) is 0 Å². The Morgan fingerprint density at radius 2 is 2.03 bits per heavy atom. The second-order valence-corrected chi connectivity index (χ2v) is 9.78. The lowest BCUT2D eigenvalue weighted by Crippen LogP contribution is -2.47. The molecule has 2 aromatic carbocycles. The average molecular weight is 478 g/mol. The molecule has 9 heteroatoms. The molecule has 1 heterocycles. The van der Waals surface area contributed by atoms with E-state index in [2.05, 4.69) is 31.5 Å². The van der Waals surface area contributed by atoms with Crippen molar-refractivity contribution >= 4 is 11.7 Å². The van der Waals surface area contributed by atoms with Gasteiger partial charge in [0.15, 0.2) is 5.82 Å². The van der Waals surface area contributed by atoms with Crippen LogP contribution in [-0.2, 0) is 13.5 Å². The van der Waals surface area contributed by atoms with Crippen LogP contribution >= 0.6 is 0 Å². The Balaban J connectivity index is 1.13. The van der Waals surface area contributed by atoms with Gasteiger partial charge in [-0.1, -0.05) is 37.1 Å². The number of aromatic nitrogens is 4. The highest BCUT2D eigenvalue weighted by atomic mass is 19.1. The van der Waals surface area contributed by atoms with E-state index in [1.54, 1.807) is 11.7 Å². The van der Waals surface area contributed by atoms with Crippen LogP contribution in [0, 0.1) is 11.2 Å². The van der Waals surface area contributed by atoms with Crippen LogP contribution in [0.3, 0.4) is 0 Å². The molecule has 2 fully saturated rings. The van der Waals surface area contributed by atoms with Crippen LogP contribution < -0.4 is 16.0 Å². The Kier molecular flexibility index (Phi) is 6.77. The van der Waals surface area contributed by atoms with Gasteiger partial charge in [0, 0.05) is 35.8 Å². The normalized spacial score (nSPS) is 23.3. The number of hydrogen-bond acceptors (Lipinski definition) is 5. The van der Waals surface area contributed by atoms with E-state index in [1.165, 1.54) is 18.6 Å². The predicted molar refractivity (Wildman–Crippen MR) is 132 cm³/mol. The third-order valence-corrected chi connectivity index (χ3v) is 7.45. The second kappa shape index (κ2) is 10.1. The first-order chi connectivity index (χ1) is 17.0. The van der Waals surface area contributed by atoms with Crippen molar-refractivity contribution in [1.82, 2.24) is 30.8 Å². The number of amides is 2. The maximum atomic E-state index is 13.1. The van der Waals surface area contributed by atoms with Crippen LogP contribution in [0.5, 0.6) is 0 Å². The maximum absolute atomic E-state index is 13.1. The van der Waals surface area contributed by atoms with E-state index in [4.69, 9.17) is 0 Å². The molecule has 2 aliphatic rings. The summed E-state index contributed by atoms with van der Waals surface area (Å²) in [4.78, 5) is 12.9. The Bertz CT molecular complexity index is 1160. The van der Waals surface area contributed by atoms with Gasteiger partial charge >= 0.3 is 6.03 Å². The fraction of sp³-hybridized carbons (Fsp3) is 0.462. The lowest BCUT2D eigenvalue weighted by atomic mass is 9.81. The molecule has 35 heavy (non-hydrogen) atoms. The molecule has 2 amide bonds. The molecule has 0 radical (unpaired) electrons. The number of benzene rings is 2. The van der Waals surface area contributed by atoms with Gasteiger partial charge in [-0.25, -0.2) is 13.9 Å². The molecule has 3 aromatic rings. The third kappa shape index (κ3) is 5.35. The highest BCUT2D eigenvalue weighted by Crippen LogP contribution is 2.56. The summed E-state index contributed by atoms with van der Waals surface area (Å²) in [6.45, 7) is 0.923. The highest BCUT2D eigenvalue weighted by molar-refractivity contribution is 5.90. The van der Waals surface area contributed by atoms with Gasteiger partial charge in [0.2, 0.25) is 0 Å². The molecule has 1 aromatic heterocycles. The summed E-state index contributed by atoms with van der Waals surface area (Å²) in [6, 6.07) is 14.7. The van der Waals surface area contributed by atoms with Gasteiger partial charge in [-0.3, -0.25) is 0 Å². The van der Waals surface area contributed by atoms with Crippen molar-refractivity contribution in [3.8, 4) is 11.4 Å². The monoisotopic (exact) mass is 477 g/mol. The molecule has 0 aliphatic heterocycles. The minimum Gasteiger partial charge on any atom is -0.335 e. The summed E-state index contributed by atoms with van der Waals surface area (Å²) in [5, 5.41) is 21.6. The first kappa shape index (κ1) is 23.4. The second-order valence-electron chi connectivity index (χ2n) is 9.78. The quantitative estimate of drug-likeness (QED) is 0.425. The maximum Gasteiger partial charge on any atom is 0.319 e. The predicted octanol–water partition coefficient (Wildman–Crippen LogP) is 4.06. The summed E-state index contributed by atoms with van der Waals surface area (Å²) in [7, 11) is 1.79. The van der Waals surface area contributed by atoms with Crippen LogP contribution in [0.1, 0.15) is 44.1 Å². The lowest BCUT2D eigenvalue weighted by Gasteiger charge is -2.33. The van der Waals surface area contributed by atoms with Gasteiger partial charge in [-0.2, -0.15) is 0 Å². The molecule has 8 nitrogen and oxygen atoms in total. The van der Waals surface area contributed by atoms with Crippen molar-refractivity contribution in [2.75, 3.05) is 11.9 Å². The van der Waals surface area contributed by atoms with E-state index in [9.17, 15) is 9.18 Å². The lowest BCUT2D eigenvalue weighted by molar-refractivity contribution is 0.212. The standard InChI is InChI=1S/C26H32FN7O/c1-34-24(31-32-33-34)19-7-4-8-21(16-19)29-25(35)30-22-9-2-3-14-26(22)17-23(26)28-15-5-6-18-10-12-20(27)13-11-18/h4,7-8,10-13,16,22-23,28H,2-3,5-6,9,14-15,17H2,1H3,(H2,29,30,35)/t22-,23?,26?/m1/s1. The van der Waals surface area contributed by atoms with Crippen LogP contribution in [0.25, 0.3) is 11.4 Å². The highest BCUT2D eigenvalue weighted by Gasteiger charge is 2.59. The minimum absolute atomic E-state index is 0.150. The van der Waals surface area contributed by atoms with Gasteiger partial charge in [0.05, 0.1) is 0 Å². The van der Waals surface area contributed by atoms with Crippen molar-refractivity contribution < 1.29 is 9.18 Å². The fourth-order valence-corrected chi connectivity index (χ4v) is 5.49. The van der Waals surface area contributed by atoms with E-state index in [0.29, 0.717) is 17.6 Å². The fourth-order valence-electron chi connectivity index (χ4n) is 5.49. The molecule has 1 spiro atoms. The first-order valence-electron chi connectivity index (χ1n) is 12.4. The van der Waals surface area contributed by atoms with Gasteiger partial charge in [-0.05, 0) is 78.9 Å². The molecule has 184 valence electrons. The summed E-state index contributed by atoms with van der Waals surface area (Å²) >= 11 is 0. The van der Waals surface area contributed by atoms with Gasteiger partial charge in [0.1, 0.15) is 5.82 Å². The Labute approximate surface area is 204 Å². The Hall–Kier alpha value is -3.33. The summed E-state index contributed by atoms with van der Waals surface area (Å²) in [6.07, 6.45) is 7.53. The van der Waals surface area contributed by atoms with E-state index in [1.807, 2.05) is 36.4 Å². The molecular formula is C26H32FN7O. The van der Waals surface area contributed by atoms with Crippen LogP contribution in [-0.4, -0.2) is 44.9 Å². The van der Waals surface area contributed by atoms with Crippen molar-refractivity contribution in [1.29, 1.82) is 0 Å². The number of rotatable bonds is 8. The number of tetrazole rings is 1. The summed E-state index contributed by atoms with van der Waals surface area (Å²) in [5.74, 6) is 0.453. The topological polar surface area (TPSA) is 96.8 Å². The number of nitrogens with one attached hydrogen (secondary N) is 3. The molecule has 5 rings (SSSR count). The first-order valence-corrected chi connectivity index (χ1v) is 12.4. The van der Waals surface area contributed by atoms with Crippen LogP contribution in [0.2, 0.25) is 0 Å². The Morgan fingerprint density at radius 3 is 2.83 bits per heavy atom. The number of hydrogen-bond donors (Lipinski definition) is 3. The molecule has 0 bridgehead atoms. The zero-order chi connectivity index (χ0) is 24.3. The summed E-state index contributed by atoms with van der Waals surface area (Å²) in [5.41, 5.74) is 2.86. The number of halogens is 1. The minimum atomic E-state index is -0.193. The molecule has 2 aliphatic carbocycles. The summed E-state index contributed by atoms with van der Waals surface area (Å²) < 4.78 is 14.7. The number of carbonyl (C=O) groups is 1. The number of anilines is 1. The van der Waals surface area contributed by atoms with E-state index < -0.39 is 0 Å². The molecule has 2 unspecified atom stereocenters. The Morgan fingerprint density at radius 1 is 1.17 bits per heavy atom. The van der Waals surface area contributed by atoms with Gasteiger partial charge in [0.25, 0.3) is 0 Å². The van der Waals surface area contributed by atoms with Crippen molar-refractivity contribution in [2.45, 2.75) is 57.0 Å². The molecule has 3 atom stereocenters. The number of aryl methyl sites for hydroxylation is 2. The molecule has 3 N–H and O–H groups in total. The van der Waals surface area contributed by atoms with E-state index in [-0.39, 0.29) is 23.3 Å². The SMILES string of the molecule is Cn1nnnc1-c1cccc(NC(=O)N[C@@H]2CCCCC23CC3NCCCc2ccc(F)cc2)c1. The number of carbonyl (C=O) groups excluding carboxylic acids is 1. The van der Waals surface area contributed by atoms with Crippen LogP contribution in [0.15, 0.2) is 48.5 Å². The zero-order valence-electron chi connectivity index (χ0n) is 20.0. The van der Waals surface area contributed by atoms with Gasteiger partial charge in [-0.15, -0.1) is 5.10 Å². The van der Waals surface area contributed by atoms with Crippen molar-refractivity contribution in [2.24, 2.45) is 12.5 Å². The largest absolute Gasteiger partial charge is 0.335 e. The van der Waals surface area contributed by atoms with Crippen LogP contribution in [0.4, 0.5) is 14.9 Å². The molecular weight excluding hydrogens is 445 g/mol. The van der Waals surface area contributed by atoms with E-state index >= 15 is 0 Å². The number of urea groups is 1. The third-order valence-electron chi connectivity index (χ3n) is 7.45. The van der Waals surface area contributed by atoms with Crippen molar-refractivity contribution in [3.05, 3.63) is 59.9 Å². The average Bonchev–Trinajstić information content (AvgIpc) is 3.36.